The molecule has 1 heterocycles. The largest absolute Gasteiger partial charge is 0.461 e. The number of hydrogen-bond acceptors (Lipinski definition) is 4. The highest BCUT2D eigenvalue weighted by atomic mass is 16.5. The van der Waals surface area contributed by atoms with Gasteiger partial charge in [-0.2, -0.15) is 4.98 Å². The highest BCUT2D eigenvalue weighted by Crippen LogP contribution is 2.23. The van der Waals surface area contributed by atoms with Gasteiger partial charge < -0.3 is 10.1 Å². The molecular weight excluding hydrogens is 214 g/mol. The van der Waals surface area contributed by atoms with Crippen molar-refractivity contribution >= 4 is 5.82 Å². The normalized spacial score (nSPS) is 11.7. The Balaban J connectivity index is 3.09. The number of ether oxygens (including phenoxy) is 1. The van der Waals surface area contributed by atoms with Gasteiger partial charge in [-0.3, -0.25) is 0 Å². The van der Waals surface area contributed by atoms with Crippen molar-refractivity contribution in [3.8, 4) is 18.2 Å². The second-order valence-electron chi connectivity index (χ2n) is 3.85. The van der Waals surface area contributed by atoms with Crippen molar-refractivity contribution in [3.63, 3.8) is 0 Å². The van der Waals surface area contributed by atoms with Crippen LogP contribution in [0.2, 0.25) is 0 Å². The van der Waals surface area contributed by atoms with Crippen LogP contribution in [0, 0.1) is 19.3 Å². The maximum Gasteiger partial charge on any atom is 0.223 e. The van der Waals surface area contributed by atoms with Crippen LogP contribution in [-0.4, -0.2) is 23.1 Å². The van der Waals surface area contributed by atoms with E-state index in [0.29, 0.717) is 5.88 Å². The lowest BCUT2D eigenvalue weighted by Crippen LogP contribution is -2.13. The van der Waals surface area contributed by atoms with Crippen molar-refractivity contribution in [1.82, 2.24) is 9.97 Å². The van der Waals surface area contributed by atoms with Crippen molar-refractivity contribution < 1.29 is 4.74 Å². The van der Waals surface area contributed by atoms with Crippen LogP contribution >= 0.6 is 0 Å². The zero-order chi connectivity index (χ0) is 12.8. The van der Waals surface area contributed by atoms with Crippen LogP contribution in [0.5, 0.6) is 5.88 Å². The molecule has 0 amide bonds. The monoisotopic (exact) mass is 233 g/mol. The Kier molecular flexibility index (Phi) is 4.77. The molecule has 0 saturated heterocycles. The number of nitrogens with one attached hydrogen (secondary N) is 1. The molecule has 1 N–H and O–H groups in total. The first-order valence-electron chi connectivity index (χ1n) is 5.80. The lowest BCUT2D eigenvalue weighted by atomic mass is 10.2. The first-order chi connectivity index (χ1) is 8.12. The number of nitrogens with zero attached hydrogens (tertiary/aromatic N) is 2. The summed E-state index contributed by atoms with van der Waals surface area (Å²) in [5, 5.41) is 3.04. The van der Waals surface area contributed by atoms with Gasteiger partial charge >= 0.3 is 0 Å². The lowest BCUT2D eigenvalue weighted by molar-refractivity contribution is 0.264. The van der Waals surface area contributed by atoms with Gasteiger partial charge in [0.25, 0.3) is 0 Å². The number of anilines is 1. The summed E-state index contributed by atoms with van der Waals surface area (Å²) in [6.45, 7) is 5.83. The molecule has 0 aliphatic rings. The third-order valence-electron chi connectivity index (χ3n) is 2.38. The molecule has 4 heteroatoms. The molecule has 92 valence electrons. The maximum absolute atomic E-state index is 5.60. The van der Waals surface area contributed by atoms with E-state index in [1.807, 2.05) is 20.9 Å². The van der Waals surface area contributed by atoms with Gasteiger partial charge in [-0.15, -0.1) is 6.42 Å². The minimum absolute atomic E-state index is 0.289. The molecule has 0 radical (unpaired) electrons. The molecule has 1 aromatic rings. The summed E-state index contributed by atoms with van der Waals surface area (Å²) in [7, 11) is 1.83. The quantitative estimate of drug-likeness (QED) is 0.792. The van der Waals surface area contributed by atoms with Gasteiger partial charge in [0.1, 0.15) is 11.6 Å². The highest BCUT2D eigenvalue weighted by molar-refractivity contribution is 5.48. The first kappa shape index (κ1) is 13.3. The van der Waals surface area contributed by atoms with Gasteiger partial charge in [-0.1, -0.05) is 12.8 Å². The minimum atomic E-state index is -0.289. The molecule has 0 bridgehead atoms. The van der Waals surface area contributed by atoms with E-state index in [2.05, 4.69) is 28.1 Å². The molecular formula is C13H19N3O. The van der Waals surface area contributed by atoms with E-state index in [1.54, 1.807) is 0 Å². The van der Waals surface area contributed by atoms with Gasteiger partial charge in [0.2, 0.25) is 5.88 Å². The standard InChI is InChI=1S/C13H19N3O/c1-6-8-11-15-12(14-5)10(4)13(16-11)17-9(3)7-2/h2,9H,6,8H2,1,3-5H3,(H,14,15,16). The van der Waals surface area contributed by atoms with Crippen molar-refractivity contribution in [1.29, 1.82) is 0 Å². The van der Waals surface area contributed by atoms with Crippen LogP contribution in [0.15, 0.2) is 0 Å². The van der Waals surface area contributed by atoms with E-state index in [1.165, 1.54) is 0 Å². The molecule has 1 rings (SSSR count). The van der Waals surface area contributed by atoms with Crippen LogP contribution in [0.4, 0.5) is 5.82 Å². The van der Waals surface area contributed by atoms with E-state index in [0.717, 1.165) is 30.0 Å². The second-order valence-corrected chi connectivity index (χ2v) is 3.85. The highest BCUT2D eigenvalue weighted by Gasteiger charge is 2.12. The molecule has 0 saturated carbocycles. The molecule has 1 unspecified atom stereocenters. The summed E-state index contributed by atoms with van der Waals surface area (Å²) in [5.41, 5.74) is 0.884. The van der Waals surface area contributed by atoms with E-state index >= 15 is 0 Å². The van der Waals surface area contributed by atoms with Crippen molar-refractivity contribution in [2.45, 2.75) is 39.7 Å². The fourth-order valence-electron chi connectivity index (χ4n) is 1.44. The second kappa shape index (κ2) is 6.09. The van der Waals surface area contributed by atoms with E-state index in [-0.39, 0.29) is 6.10 Å². The topological polar surface area (TPSA) is 47.0 Å². The smallest absolute Gasteiger partial charge is 0.223 e. The van der Waals surface area contributed by atoms with Crippen LogP contribution in [0.25, 0.3) is 0 Å². The minimum Gasteiger partial charge on any atom is -0.461 e. The van der Waals surface area contributed by atoms with Gasteiger partial charge in [0, 0.05) is 13.5 Å². The van der Waals surface area contributed by atoms with Crippen LogP contribution in [-0.2, 0) is 6.42 Å². The Morgan fingerprint density at radius 3 is 2.71 bits per heavy atom. The van der Waals surface area contributed by atoms with Crippen LogP contribution in [0.3, 0.4) is 0 Å². The lowest BCUT2D eigenvalue weighted by Gasteiger charge is -2.14. The summed E-state index contributed by atoms with van der Waals surface area (Å²) in [6, 6.07) is 0. The summed E-state index contributed by atoms with van der Waals surface area (Å²) in [6.07, 6.45) is 6.84. The Hall–Kier alpha value is -1.76. The SMILES string of the molecule is C#CC(C)Oc1nc(CCC)nc(NC)c1C. The van der Waals surface area contributed by atoms with Crippen LogP contribution in [0.1, 0.15) is 31.7 Å². The Labute approximate surface area is 103 Å². The number of aryl methyl sites for hydroxylation is 1. The number of rotatable bonds is 5. The molecule has 4 nitrogen and oxygen atoms in total. The Morgan fingerprint density at radius 2 is 2.18 bits per heavy atom. The molecule has 0 aliphatic carbocycles. The Bertz CT molecular complexity index is 423. The average Bonchev–Trinajstić information content (AvgIpc) is 2.33. The first-order valence-corrected chi connectivity index (χ1v) is 5.80. The van der Waals surface area contributed by atoms with E-state index in [9.17, 15) is 0 Å². The predicted molar refractivity (Wildman–Crippen MR) is 69.2 cm³/mol. The van der Waals surface area contributed by atoms with E-state index < -0.39 is 0 Å². The fraction of sp³-hybridized carbons (Fsp3) is 0.538. The molecule has 17 heavy (non-hydrogen) atoms. The molecule has 1 aromatic heterocycles. The molecule has 0 spiro atoms. The third kappa shape index (κ3) is 3.35. The van der Waals surface area contributed by atoms with Crippen molar-refractivity contribution in [2.24, 2.45) is 0 Å². The van der Waals surface area contributed by atoms with Gasteiger partial charge in [-0.25, -0.2) is 4.98 Å². The predicted octanol–water partition coefficient (Wildman–Crippen LogP) is 2.18. The average molecular weight is 233 g/mol. The third-order valence-corrected chi connectivity index (χ3v) is 2.38. The number of terminal acetylenes is 1. The molecule has 0 aromatic carbocycles. The van der Waals surface area contributed by atoms with Crippen molar-refractivity contribution in [2.75, 3.05) is 12.4 Å². The maximum atomic E-state index is 5.60. The number of aromatic nitrogens is 2. The van der Waals surface area contributed by atoms with Gasteiger partial charge in [0.15, 0.2) is 6.10 Å². The van der Waals surface area contributed by atoms with Crippen molar-refractivity contribution in [3.05, 3.63) is 11.4 Å². The molecule has 1 atom stereocenters. The van der Waals surface area contributed by atoms with E-state index in [4.69, 9.17) is 11.2 Å². The fourth-order valence-corrected chi connectivity index (χ4v) is 1.44. The van der Waals surface area contributed by atoms with Gasteiger partial charge in [0.05, 0.1) is 5.56 Å². The summed E-state index contributed by atoms with van der Waals surface area (Å²) >= 11 is 0. The number of hydrogen-bond donors (Lipinski definition) is 1. The Morgan fingerprint density at radius 1 is 1.47 bits per heavy atom. The molecule has 0 fully saturated rings. The van der Waals surface area contributed by atoms with Gasteiger partial charge in [-0.05, 0) is 20.3 Å². The van der Waals surface area contributed by atoms with Crippen LogP contribution < -0.4 is 10.1 Å². The summed E-state index contributed by atoms with van der Waals surface area (Å²) < 4.78 is 5.60. The zero-order valence-electron chi connectivity index (χ0n) is 10.9. The summed E-state index contributed by atoms with van der Waals surface area (Å²) in [5.74, 6) is 4.67. The molecule has 0 aliphatic heterocycles. The summed E-state index contributed by atoms with van der Waals surface area (Å²) in [4.78, 5) is 8.81. The zero-order valence-corrected chi connectivity index (χ0v) is 10.9.